The first-order valence-corrected chi connectivity index (χ1v) is 13.4. The van der Waals surface area contributed by atoms with Gasteiger partial charge in [-0.2, -0.15) is 4.37 Å². The van der Waals surface area contributed by atoms with Crippen LogP contribution in [0.4, 0.5) is 11.4 Å². The fourth-order valence-corrected chi connectivity index (χ4v) is 4.91. The Hall–Kier alpha value is -4.12. The Balaban J connectivity index is 2.26. The number of hydrogen-bond acceptors (Lipinski definition) is 8. The lowest BCUT2D eigenvalue weighted by Gasteiger charge is -2.33. The minimum absolute atomic E-state index is 0.00941. The molecule has 1 atom stereocenters. The summed E-state index contributed by atoms with van der Waals surface area (Å²) in [6.07, 6.45) is 1.35. The molecule has 0 radical (unpaired) electrons. The van der Waals surface area contributed by atoms with E-state index in [0.29, 0.717) is 41.6 Å². The number of carbonyl (C=O) groups excluding carboxylic acids is 3. The number of methoxy groups -OCH3 is 2. The summed E-state index contributed by atoms with van der Waals surface area (Å²) in [5.74, 6) is -0.569. The number of rotatable bonds is 12. The number of aromatic nitrogens is 1. The number of aryl methyl sites for hydroxylation is 1. The van der Waals surface area contributed by atoms with Crippen molar-refractivity contribution in [3.8, 4) is 11.5 Å². The lowest BCUT2D eigenvalue weighted by molar-refractivity contribution is -0.122. The van der Waals surface area contributed by atoms with Gasteiger partial charge in [0.25, 0.3) is 11.8 Å². The van der Waals surface area contributed by atoms with E-state index in [1.54, 1.807) is 30.3 Å². The van der Waals surface area contributed by atoms with E-state index < -0.39 is 17.9 Å². The Morgan fingerprint density at radius 2 is 1.77 bits per heavy atom. The molecular formula is C28H35N5O5S. The first kappa shape index (κ1) is 29.4. The number of nitrogens with two attached hydrogens (primary N) is 2. The van der Waals surface area contributed by atoms with Gasteiger partial charge in [-0.1, -0.05) is 45.0 Å². The molecule has 0 bridgehead atoms. The van der Waals surface area contributed by atoms with Gasteiger partial charge >= 0.3 is 0 Å². The molecular weight excluding hydrogens is 518 g/mol. The summed E-state index contributed by atoms with van der Waals surface area (Å²) in [6, 6.07) is 11.3. The van der Waals surface area contributed by atoms with Crippen molar-refractivity contribution < 1.29 is 23.9 Å². The highest BCUT2D eigenvalue weighted by molar-refractivity contribution is 7.09. The van der Waals surface area contributed by atoms with E-state index in [1.165, 1.54) is 19.1 Å². The molecule has 208 valence electrons. The minimum atomic E-state index is -1.12. The molecule has 1 unspecified atom stereocenters. The van der Waals surface area contributed by atoms with Gasteiger partial charge in [-0.05, 0) is 59.6 Å². The third-order valence-electron chi connectivity index (χ3n) is 6.26. The van der Waals surface area contributed by atoms with Gasteiger partial charge in [0.1, 0.15) is 10.9 Å². The molecule has 0 saturated carbocycles. The average Bonchev–Trinajstić information content (AvgIpc) is 3.32. The molecule has 0 aliphatic rings. The Morgan fingerprint density at radius 1 is 1.08 bits per heavy atom. The maximum Gasteiger partial charge on any atom is 0.273 e. The zero-order valence-electron chi connectivity index (χ0n) is 22.8. The van der Waals surface area contributed by atoms with Crippen LogP contribution in [-0.4, -0.2) is 42.9 Å². The van der Waals surface area contributed by atoms with E-state index in [1.807, 2.05) is 19.1 Å². The van der Waals surface area contributed by atoms with E-state index >= 15 is 0 Å². The van der Waals surface area contributed by atoms with Crippen molar-refractivity contribution in [2.24, 2.45) is 11.7 Å². The fourth-order valence-electron chi connectivity index (χ4n) is 4.17. The number of benzene rings is 2. The normalized spacial score (nSPS) is 11.6. The quantitative estimate of drug-likeness (QED) is 0.307. The summed E-state index contributed by atoms with van der Waals surface area (Å²) in [5.41, 5.74) is 13.1. The van der Waals surface area contributed by atoms with E-state index in [0.717, 1.165) is 23.5 Å². The standard InChI is InChI=1S/C28H35N5O5S/c1-6-17-9-7-8-10-19(17)33(28(36)25-22(29)23(26(30)34)32-39-25)24(27(35)31-14-13-16(2)3)18-11-12-20(37-4)21(15-18)38-5/h7-12,15-16,24H,6,13-14,29H2,1-5H3,(H2,30,34)(H,31,35). The zero-order chi connectivity index (χ0) is 28.7. The highest BCUT2D eigenvalue weighted by atomic mass is 32.1. The first-order chi connectivity index (χ1) is 18.6. The van der Waals surface area contributed by atoms with Crippen molar-refractivity contribution in [1.82, 2.24) is 9.69 Å². The largest absolute Gasteiger partial charge is 0.493 e. The summed E-state index contributed by atoms with van der Waals surface area (Å²) in [4.78, 5) is 41.5. The van der Waals surface area contributed by atoms with Crippen LogP contribution in [0.5, 0.6) is 11.5 Å². The summed E-state index contributed by atoms with van der Waals surface area (Å²) < 4.78 is 14.9. The van der Waals surface area contributed by atoms with Crippen LogP contribution in [0.1, 0.15) is 64.5 Å². The number of nitrogens with one attached hydrogen (secondary N) is 1. The highest BCUT2D eigenvalue weighted by Crippen LogP contribution is 2.38. The van der Waals surface area contributed by atoms with Crippen LogP contribution in [0.25, 0.3) is 0 Å². The fraction of sp³-hybridized carbons (Fsp3) is 0.357. The van der Waals surface area contributed by atoms with Crippen LogP contribution in [0.15, 0.2) is 42.5 Å². The maximum absolute atomic E-state index is 14.3. The summed E-state index contributed by atoms with van der Waals surface area (Å²) in [6.45, 7) is 6.51. The molecule has 5 N–H and O–H groups in total. The molecule has 0 fully saturated rings. The molecule has 3 amide bonds. The van der Waals surface area contributed by atoms with Crippen molar-refractivity contribution in [1.29, 1.82) is 0 Å². The van der Waals surface area contributed by atoms with Crippen LogP contribution in [-0.2, 0) is 11.2 Å². The summed E-state index contributed by atoms with van der Waals surface area (Å²) >= 11 is 0.765. The van der Waals surface area contributed by atoms with Gasteiger partial charge in [0, 0.05) is 12.2 Å². The third-order valence-corrected chi connectivity index (χ3v) is 7.11. The van der Waals surface area contributed by atoms with E-state index in [2.05, 4.69) is 23.5 Å². The molecule has 11 heteroatoms. The third kappa shape index (κ3) is 6.48. The second kappa shape index (κ2) is 13.1. The summed E-state index contributed by atoms with van der Waals surface area (Å²) in [5, 5.41) is 2.99. The van der Waals surface area contributed by atoms with Crippen LogP contribution < -0.4 is 31.2 Å². The molecule has 2 aromatic carbocycles. The van der Waals surface area contributed by atoms with Crippen molar-refractivity contribution >= 4 is 40.6 Å². The Bertz CT molecular complexity index is 1340. The number of hydrogen-bond donors (Lipinski definition) is 3. The van der Waals surface area contributed by atoms with Gasteiger partial charge in [0.05, 0.1) is 19.9 Å². The van der Waals surface area contributed by atoms with Crippen molar-refractivity contribution in [2.75, 3.05) is 31.4 Å². The maximum atomic E-state index is 14.3. The summed E-state index contributed by atoms with van der Waals surface area (Å²) in [7, 11) is 3.02. The van der Waals surface area contributed by atoms with E-state index in [9.17, 15) is 14.4 Å². The average molecular weight is 554 g/mol. The Labute approximate surface area is 232 Å². The molecule has 1 heterocycles. The number of anilines is 2. The van der Waals surface area contributed by atoms with E-state index in [4.69, 9.17) is 20.9 Å². The van der Waals surface area contributed by atoms with Crippen LogP contribution in [0, 0.1) is 5.92 Å². The van der Waals surface area contributed by atoms with Gasteiger partial charge in [0.2, 0.25) is 5.91 Å². The number of para-hydroxylation sites is 1. The highest BCUT2D eigenvalue weighted by Gasteiger charge is 2.37. The second-order valence-electron chi connectivity index (χ2n) is 9.29. The SMILES string of the molecule is CCc1ccccc1N(C(=O)c1snc(C(N)=O)c1N)C(C(=O)NCCC(C)C)c1ccc(OC)c(OC)c1. The number of primary amides is 1. The van der Waals surface area contributed by atoms with Crippen LogP contribution in [0.2, 0.25) is 0 Å². The zero-order valence-corrected chi connectivity index (χ0v) is 23.6. The molecule has 0 aliphatic carbocycles. The van der Waals surface area contributed by atoms with Gasteiger partial charge < -0.3 is 26.3 Å². The lowest BCUT2D eigenvalue weighted by Crippen LogP contribution is -2.44. The van der Waals surface area contributed by atoms with Gasteiger partial charge in [-0.25, -0.2) is 0 Å². The number of nitrogens with zero attached hydrogens (tertiary/aromatic N) is 2. The Morgan fingerprint density at radius 3 is 2.36 bits per heavy atom. The molecule has 0 saturated heterocycles. The molecule has 1 aromatic heterocycles. The van der Waals surface area contributed by atoms with Crippen molar-refractivity contribution in [3.63, 3.8) is 0 Å². The molecule has 10 nitrogen and oxygen atoms in total. The molecule has 3 aromatic rings. The smallest absolute Gasteiger partial charge is 0.273 e. The molecule has 3 rings (SSSR count). The molecule has 0 aliphatic heterocycles. The second-order valence-corrected chi connectivity index (χ2v) is 10.1. The number of ether oxygens (including phenoxy) is 2. The topological polar surface area (TPSA) is 150 Å². The number of carbonyl (C=O) groups is 3. The van der Waals surface area contributed by atoms with Gasteiger partial charge in [-0.3, -0.25) is 19.3 Å². The first-order valence-electron chi connectivity index (χ1n) is 12.6. The predicted octanol–water partition coefficient (Wildman–Crippen LogP) is 3.95. The lowest BCUT2D eigenvalue weighted by atomic mass is 9.99. The molecule has 39 heavy (non-hydrogen) atoms. The van der Waals surface area contributed by atoms with Gasteiger partial charge in [0.15, 0.2) is 17.2 Å². The van der Waals surface area contributed by atoms with Gasteiger partial charge in [-0.15, -0.1) is 0 Å². The monoisotopic (exact) mass is 553 g/mol. The van der Waals surface area contributed by atoms with Crippen molar-refractivity contribution in [3.05, 3.63) is 64.2 Å². The number of nitrogen functional groups attached to an aromatic ring is 1. The predicted molar refractivity (Wildman–Crippen MR) is 152 cm³/mol. The van der Waals surface area contributed by atoms with Crippen LogP contribution >= 0.6 is 11.5 Å². The van der Waals surface area contributed by atoms with E-state index in [-0.39, 0.29) is 22.2 Å². The Kier molecular flexibility index (Phi) is 9.89. The number of amides is 3. The molecule has 0 spiro atoms. The van der Waals surface area contributed by atoms with Crippen LogP contribution in [0.3, 0.4) is 0 Å². The minimum Gasteiger partial charge on any atom is -0.493 e. The van der Waals surface area contributed by atoms with Crippen molar-refractivity contribution in [2.45, 2.75) is 39.7 Å².